The maximum Gasteiger partial charge on any atom is 0.130 e. The Hall–Kier alpha value is -1.46. The van der Waals surface area contributed by atoms with Crippen molar-refractivity contribution < 1.29 is 4.74 Å². The Kier molecular flexibility index (Phi) is 2.60. The molecule has 1 unspecified atom stereocenters. The van der Waals surface area contributed by atoms with Crippen molar-refractivity contribution in [2.45, 2.75) is 20.8 Å². The number of hydrogen-bond donors (Lipinski definition) is 0. The summed E-state index contributed by atoms with van der Waals surface area (Å²) < 4.78 is 5.52. The maximum atomic E-state index is 5.52. The van der Waals surface area contributed by atoms with E-state index < -0.39 is 0 Å². The molecule has 0 bridgehead atoms. The first kappa shape index (κ1) is 11.6. The van der Waals surface area contributed by atoms with Crippen molar-refractivity contribution in [2.75, 3.05) is 7.11 Å². The van der Waals surface area contributed by atoms with Gasteiger partial charge in [-0.2, -0.15) is 0 Å². The first-order valence-corrected chi connectivity index (χ1v) is 7.18. The van der Waals surface area contributed by atoms with Gasteiger partial charge in [-0.15, -0.1) is 8.19 Å². The van der Waals surface area contributed by atoms with Gasteiger partial charge in [0.2, 0.25) is 0 Å². The van der Waals surface area contributed by atoms with Crippen LogP contribution in [0.2, 0.25) is 0 Å². The fourth-order valence-corrected chi connectivity index (χ4v) is 4.61. The van der Waals surface area contributed by atoms with Crippen LogP contribution in [0.25, 0.3) is 21.0 Å². The van der Waals surface area contributed by atoms with E-state index in [1.807, 2.05) is 0 Å². The summed E-state index contributed by atoms with van der Waals surface area (Å²) in [7, 11) is 2.48. The SMILES string of the molecule is COc1ccc(C)c2c1[pH]c1cc(C)cc(C)c12. The fraction of sp³-hybridized carbons (Fsp3) is 0.250. The highest BCUT2D eigenvalue weighted by Crippen LogP contribution is 2.45. The summed E-state index contributed by atoms with van der Waals surface area (Å²) in [5, 5.41) is 5.68. The lowest BCUT2D eigenvalue weighted by Crippen LogP contribution is -1.84. The second-order valence-corrected chi connectivity index (χ2v) is 6.25. The van der Waals surface area contributed by atoms with Crippen molar-refractivity contribution in [3.63, 3.8) is 0 Å². The molecule has 1 heterocycles. The number of hydrogen-bond acceptors (Lipinski definition) is 1. The molecule has 0 fully saturated rings. The first-order valence-electron chi connectivity index (χ1n) is 6.18. The summed E-state index contributed by atoms with van der Waals surface area (Å²) in [6.07, 6.45) is 0. The van der Waals surface area contributed by atoms with E-state index in [4.69, 9.17) is 4.74 Å². The number of rotatable bonds is 1. The molecular weight excluding hydrogens is 239 g/mol. The average Bonchev–Trinajstić information content (AvgIpc) is 2.69. The Morgan fingerprint density at radius 3 is 2.44 bits per heavy atom. The predicted molar refractivity (Wildman–Crippen MR) is 81.7 cm³/mol. The van der Waals surface area contributed by atoms with Crippen LogP contribution in [0.5, 0.6) is 5.75 Å². The van der Waals surface area contributed by atoms with E-state index in [1.54, 1.807) is 7.11 Å². The topological polar surface area (TPSA) is 9.23 Å². The van der Waals surface area contributed by atoms with Gasteiger partial charge in [-0.25, -0.2) is 0 Å². The third-order valence-electron chi connectivity index (χ3n) is 3.58. The summed E-state index contributed by atoms with van der Waals surface area (Å²) in [4.78, 5) is 0. The van der Waals surface area contributed by atoms with Gasteiger partial charge in [-0.1, -0.05) is 12.1 Å². The third-order valence-corrected chi connectivity index (χ3v) is 4.99. The van der Waals surface area contributed by atoms with Crippen LogP contribution in [0.4, 0.5) is 0 Å². The zero-order chi connectivity index (χ0) is 12.9. The quantitative estimate of drug-likeness (QED) is 0.598. The molecule has 3 aromatic rings. The van der Waals surface area contributed by atoms with E-state index in [0.29, 0.717) is 0 Å². The van der Waals surface area contributed by atoms with Gasteiger partial charge in [-0.05, 0) is 55.0 Å². The number of ether oxygens (including phenoxy) is 1. The largest absolute Gasteiger partial charge is 0.496 e. The van der Waals surface area contributed by atoms with Gasteiger partial charge in [0.05, 0.1) is 7.11 Å². The zero-order valence-corrected chi connectivity index (χ0v) is 12.2. The van der Waals surface area contributed by atoms with E-state index in [9.17, 15) is 0 Å². The maximum absolute atomic E-state index is 5.52. The molecule has 1 atom stereocenters. The van der Waals surface area contributed by atoms with Crippen LogP contribution < -0.4 is 4.74 Å². The van der Waals surface area contributed by atoms with Gasteiger partial charge in [0, 0.05) is 15.6 Å². The van der Waals surface area contributed by atoms with Gasteiger partial charge in [0.25, 0.3) is 0 Å². The highest BCUT2D eigenvalue weighted by molar-refractivity contribution is 7.44. The minimum atomic E-state index is 0.721. The first-order chi connectivity index (χ1) is 8.61. The molecule has 3 rings (SSSR count). The fourth-order valence-electron chi connectivity index (χ4n) is 2.84. The van der Waals surface area contributed by atoms with Crippen LogP contribution in [0.3, 0.4) is 0 Å². The monoisotopic (exact) mass is 256 g/mol. The normalized spacial score (nSPS) is 11.8. The molecule has 0 saturated heterocycles. The molecule has 1 aromatic heterocycles. The van der Waals surface area contributed by atoms with Gasteiger partial charge in [0.1, 0.15) is 5.75 Å². The summed E-state index contributed by atoms with van der Waals surface area (Å²) in [6, 6.07) is 8.85. The molecule has 92 valence electrons. The zero-order valence-electron chi connectivity index (χ0n) is 11.2. The summed E-state index contributed by atoms with van der Waals surface area (Å²) >= 11 is 0. The Bertz CT molecular complexity index is 753. The Balaban J connectivity index is 2.59. The van der Waals surface area contributed by atoms with Gasteiger partial charge >= 0.3 is 0 Å². The smallest absolute Gasteiger partial charge is 0.130 e. The summed E-state index contributed by atoms with van der Waals surface area (Å²) in [6.45, 7) is 6.58. The minimum Gasteiger partial charge on any atom is -0.496 e. The second kappa shape index (κ2) is 4.03. The number of methoxy groups -OCH3 is 1. The molecule has 0 radical (unpaired) electrons. The molecule has 2 heteroatoms. The van der Waals surface area contributed by atoms with Crippen molar-refractivity contribution in [1.29, 1.82) is 0 Å². The van der Waals surface area contributed by atoms with Crippen LogP contribution >= 0.6 is 8.19 Å². The van der Waals surface area contributed by atoms with E-state index in [-0.39, 0.29) is 0 Å². The molecule has 0 aliphatic rings. The molecule has 0 spiro atoms. The molecule has 0 N–H and O–H groups in total. The highest BCUT2D eigenvalue weighted by Gasteiger charge is 2.12. The van der Waals surface area contributed by atoms with Crippen molar-refractivity contribution in [3.8, 4) is 5.75 Å². The molecule has 2 aromatic carbocycles. The van der Waals surface area contributed by atoms with Crippen LogP contribution in [-0.4, -0.2) is 7.11 Å². The van der Waals surface area contributed by atoms with Crippen LogP contribution in [0.15, 0.2) is 24.3 Å². The minimum absolute atomic E-state index is 0.721. The van der Waals surface area contributed by atoms with E-state index in [0.717, 1.165) is 13.9 Å². The molecule has 0 aliphatic carbocycles. The van der Waals surface area contributed by atoms with Crippen molar-refractivity contribution in [2.24, 2.45) is 0 Å². The van der Waals surface area contributed by atoms with Crippen LogP contribution in [0, 0.1) is 20.8 Å². The predicted octanol–water partition coefficient (Wildman–Crippen LogP) is 4.96. The van der Waals surface area contributed by atoms with Gasteiger partial charge in [0.15, 0.2) is 0 Å². The lowest BCUT2D eigenvalue weighted by molar-refractivity contribution is 0.420. The molecule has 0 saturated carbocycles. The molecule has 18 heavy (non-hydrogen) atoms. The number of fused-ring (bicyclic) bond motifs is 3. The van der Waals surface area contributed by atoms with Crippen molar-refractivity contribution in [3.05, 3.63) is 41.0 Å². The summed E-state index contributed by atoms with van der Waals surface area (Å²) in [5.41, 5.74) is 4.08. The van der Waals surface area contributed by atoms with E-state index in [1.165, 1.54) is 37.7 Å². The lowest BCUT2D eigenvalue weighted by atomic mass is 10.0. The molecule has 1 nitrogen and oxygen atoms in total. The van der Waals surface area contributed by atoms with Crippen molar-refractivity contribution in [1.82, 2.24) is 0 Å². The van der Waals surface area contributed by atoms with Gasteiger partial charge in [-0.3, -0.25) is 0 Å². The number of benzene rings is 2. The highest BCUT2D eigenvalue weighted by atomic mass is 31.0. The van der Waals surface area contributed by atoms with Gasteiger partial charge < -0.3 is 4.74 Å². The Labute approximate surface area is 109 Å². The van der Waals surface area contributed by atoms with Crippen LogP contribution in [0.1, 0.15) is 16.7 Å². The van der Waals surface area contributed by atoms with E-state index >= 15 is 0 Å². The summed E-state index contributed by atoms with van der Waals surface area (Å²) in [5.74, 6) is 1.03. The molecule has 0 amide bonds. The Morgan fingerprint density at radius 1 is 0.944 bits per heavy atom. The lowest BCUT2D eigenvalue weighted by Gasteiger charge is -2.05. The standard InChI is InChI=1S/C16H17OP/c1-9-7-11(3)14-13(8-9)18-16-12(17-4)6-5-10(2)15(14)16/h5-8,18H,1-4H3. The van der Waals surface area contributed by atoms with Crippen molar-refractivity contribution >= 4 is 29.2 Å². The molecule has 0 aliphatic heterocycles. The van der Waals surface area contributed by atoms with Crippen LogP contribution in [-0.2, 0) is 0 Å². The third kappa shape index (κ3) is 1.54. The Morgan fingerprint density at radius 2 is 1.72 bits per heavy atom. The van der Waals surface area contributed by atoms with E-state index in [2.05, 4.69) is 45.0 Å². The average molecular weight is 256 g/mol. The number of aryl methyl sites for hydroxylation is 3. The second-order valence-electron chi connectivity index (χ2n) is 4.96. The molecular formula is C16H17OP.